The predicted octanol–water partition coefficient (Wildman–Crippen LogP) is 1.79. The number of hydrazine groups is 1. The van der Waals surface area contributed by atoms with E-state index in [0.29, 0.717) is 6.04 Å². The monoisotopic (exact) mass is 291 g/mol. The Morgan fingerprint density at radius 1 is 1.38 bits per heavy atom. The van der Waals surface area contributed by atoms with Crippen molar-refractivity contribution in [2.75, 3.05) is 19.7 Å². The standard InChI is InChI=1S/C17H29N3O/c1-12(2)20-7-8-21-17(11-20)16(19-18)10-15-9-13(3)5-6-14(15)4/h5-6,9,12,16-17,19H,7-8,10-11,18H2,1-4H3. The van der Waals surface area contributed by atoms with Crippen molar-refractivity contribution in [3.8, 4) is 0 Å². The fraction of sp³-hybridized carbons (Fsp3) is 0.647. The van der Waals surface area contributed by atoms with Crippen molar-refractivity contribution < 1.29 is 4.74 Å². The Labute approximate surface area is 128 Å². The molecule has 0 aromatic heterocycles. The quantitative estimate of drug-likeness (QED) is 0.641. The molecule has 0 spiro atoms. The summed E-state index contributed by atoms with van der Waals surface area (Å²) in [5.41, 5.74) is 6.93. The first-order valence-corrected chi connectivity index (χ1v) is 7.89. The smallest absolute Gasteiger partial charge is 0.0872 e. The molecular formula is C17H29N3O. The number of nitrogens with one attached hydrogen (secondary N) is 1. The van der Waals surface area contributed by atoms with Crippen LogP contribution in [0.25, 0.3) is 0 Å². The van der Waals surface area contributed by atoms with E-state index in [1.54, 1.807) is 0 Å². The highest BCUT2D eigenvalue weighted by atomic mass is 16.5. The average Bonchev–Trinajstić information content (AvgIpc) is 2.48. The van der Waals surface area contributed by atoms with E-state index in [-0.39, 0.29) is 12.1 Å². The van der Waals surface area contributed by atoms with Gasteiger partial charge in [0.25, 0.3) is 0 Å². The summed E-state index contributed by atoms with van der Waals surface area (Å²) in [4.78, 5) is 2.46. The summed E-state index contributed by atoms with van der Waals surface area (Å²) in [5, 5.41) is 0. The van der Waals surface area contributed by atoms with Crippen molar-refractivity contribution in [1.82, 2.24) is 10.3 Å². The van der Waals surface area contributed by atoms with Crippen molar-refractivity contribution in [3.05, 3.63) is 34.9 Å². The van der Waals surface area contributed by atoms with Crippen LogP contribution in [0.3, 0.4) is 0 Å². The van der Waals surface area contributed by atoms with Crippen LogP contribution < -0.4 is 11.3 Å². The van der Waals surface area contributed by atoms with Gasteiger partial charge >= 0.3 is 0 Å². The van der Waals surface area contributed by atoms with Gasteiger partial charge in [-0.05, 0) is 45.2 Å². The van der Waals surface area contributed by atoms with E-state index >= 15 is 0 Å². The van der Waals surface area contributed by atoms with Gasteiger partial charge in [0.05, 0.1) is 18.8 Å². The first-order valence-electron chi connectivity index (χ1n) is 7.89. The third-order valence-corrected chi connectivity index (χ3v) is 4.46. The molecular weight excluding hydrogens is 262 g/mol. The van der Waals surface area contributed by atoms with Crippen LogP contribution in [0.2, 0.25) is 0 Å². The highest BCUT2D eigenvalue weighted by Crippen LogP contribution is 2.18. The molecule has 2 unspecified atom stereocenters. The van der Waals surface area contributed by atoms with E-state index in [9.17, 15) is 0 Å². The van der Waals surface area contributed by atoms with Crippen molar-refractivity contribution in [2.24, 2.45) is 5.84 Å². The second-order valence-corrected chi connectivity index (χ2v) is 6.41. The SMILES string of the molecule is Cc1ccc(C)c(CC(NN)C2CN(C(C)C)CCO2)c1. The summed E-state index contributed by atoms with van der Waals surface area (Å²) < 4.78 is 5.97. The van der Waals surface area contributed by atoms with Crippen LogP contribution in [0.5, 0.6) is 0 Å². The Kier molecular flexibility index (Phi) is 5.76. The van der Waals surface area contributed by atoms with E-state index in [1.165, 1.54) is 16.7 Å². The molecule has 2 rings (SSSR count). The van der Waals surface area contributed by atoms with Gasteiger partial charge in [-0.25, -0.2) is 0 Å². The van der Waals surface area contributed by atoms with E-state index in [2.05, 4.69) is 56.2 Å². The van der Waals surface area contributed by atoms with Crippen LogP contribution >= 0.6 is 0 Å². The molecule has 1 aromatic rings. The largest absolute Gasteiger partial charge is 0.374 e. The number of morpholine rings is 1. The fourth-order valence-electron chi connectivity index (χ4n) is 2.96. The molecule has 4 nitrogen and oxygen atoms in total. The van der Waals surface area contributed by atoms with E-state index < -0.39 is 0 Å². The van der Waals surface area contributed by atoms with Gasteiger partial charge in [0, 0.05) is 19.1 Å². The molecule has 0 bridgehead atoms. The zero-order valence-corrected chi connectivity index (χ0v) is 13.7. The van der Waals surface area contributed by atoms with E-state index in [0.717, 1.165) is 26.1 Å². The van der Waals surface area contributed by atoms with Crippen LogP contribution in [-0.4, -0.2) is 42.8 Å². The first-order chi connectivity index (χ1) is 10.0. The van der Waals surface area contributed by atoms with Crippen LogP contribution in [0.1, 0.15) is 30.5 Å². The van der Waals surface area contributed by atoms with E-state index in [4.69, 9.17) is 10.6 Å². The minimum absolute atomic E-state index is 0.145. The molecule has 118 valence electrons. The molecule has 4 heteroatoms. The van der Waals surface area contributed by atoms with Crippen molar-refractivity contribution in [3.63, 3.8) is 0 Å². The zero-order valence-electron chi connectivity index (χ0n) is 13.7. The number of aryl methyl sites for hydroxylation is 2. The molecule has 0 amide bonds. The molecule has 21 heavy (non-hydrogen) atoms. The highest BCUT2D eigenvalue weighted by Gasteiger charge is 2.29. The molecule has 1 aromatic carbocycles. The van der Waals surface area contributed by atoms with Gasteiger partial charge in [-0.2, -0.15) is 0 Å². The Balaban J connectivity index is 2.07. The summed E-state index contributed by atoms with van der Waals surface area (Å²) in [6, 6.07) is 7.28. The molecule has 1 fully saturated rings. The van der Waals surface area contributed by atoms with Crippen molar-refractivity contribution in [2.45, 2.75) is 52.3 Å². The summed E-state index contributed by atoms with van der Waals surface area (Å²) >= 11 is 0. The lowest BCUT2D eigenvalue weighted by molar-refractivity contribution is -0.0552. The number of nitrogens with zero attached hydrogens (tertiary/aromatic N) is 1. The highest BCUT2D eigenvalue weighted by molar-refractivity contribution is 5.31. The lowest BCUT2D eigenvalue weighted by atomic mass is 9.95. The molecule has 0 radical (unpaired) electrons. The third kappa shape index (κ3) is 4.27. The summed E-state index contributed by atoms with van der Waals surface area (Å²) in [5.74, 6) is 5.81. The Bertz CT molecular complexity index is 461. The number of nitrogens with two attached hydrogens (primary N) is 1. The van der Waals surface area contributed by atoms with Gasteiger partial charge < -0.3 is 4.74 Å². The second kappa shape index (κ2) is 7.36. The molecule has 1 aliphatic heterocycles. The topological polar surface area (TPSA) is 50.5 Å². The van der Waals surface area contributed by atoms with Gasteiger partial charge in [0.15, 0.2) is 0 Å². The van der Waals surface area contributed by atoms with Crippen LogP contribution in [-0.2, 0) is 11.2 Å². The Morgan fingerprint density at radius 3 is 2.81 bits per heavy atom. The maximum atomic E-state index is 5.97. The molecule has 1 heterocycles. The lowest BCUT2D eigenvalue weighted by Gasteiger charge is -2.39. The van der Waals surface area contributed by atoms with Gasteiger partial charge in [-0.15, -0.1) is 0 Å². The molecule has 1 aliphatic rings. The lowest BCUT2D eigenvalue weighted by Crippen LogP contribution is -2.56. The van der Waals surface area contributed by atoms with Gasteiger partial charge in [0.2, 0.25) is 0 Å². The summed E-state index contributed by atoms with van der Waals surface area (Å²) in [6.45, 7) is 11.5. The normalized spacial score (nSPS) is 21.7. The maximum absolute atomic E-state index is 5.97. The number of rotatable bonds is 5. The van der Waals surface area contributed by atoms with E-state index in [1.807, 2.05) is 0 Å². The predicted molar refractivity (Wildman–Crippen MR) is 87.2 cm³/mol. The first kappa shape index (κ1) is 16.4. The summed E-state index contributed by atoms with van der Waals surface area (Å²) in [7, 11) is 0. The minimum atomic E-state index is 0.145. The van der Waals surface area contributed by atoms with Crippen molar-refractivity contribution in [1.29, 1.82) is 0 Å². The summed E-state index contributed by atoms with van der Waals surface area (Å²) in [6.07, 6.45) is 1.05. The zero-order chi connectivity index (χ0) is 15.4. The Hall–Kier alpha value is -0.940. The van der Waals surface area contributed by atoms with Crippen LogP contribution in [0.4, 0.5) is 0 Å². The molecule has 0 aliphatic carbocycles. The van der Waals surface area contributed by atoms with Gasteiger partial charge in [-0.1, -0.05) is 23.8 Å². The third-order valence-electron chi connectivity index (χ3n) is 4.46. The molecule has 3 N–H and O–H groups in total. The maximum Gasteiger partial charge on any atom is 0.0872 e. The number of ether oxygens (including phenoxy) is 1. The average molecular weight is 291 g/mol. The fourth-order valence-corrected chi connectivity index (χ4v) is 2.96. The number of hydrogen-bond acceptors (Lipinski definition) is 4. The molecule has 2 atom stereocenters. The van der Waals surface area contributed by atoms with Crippen molar-refractivity contribution >= 4 is 0 Å². The van der Waals surface area contributed by atoms with Gasteiger partial charge in [0.1, 0.15) is 0 Å². The Morgan fingerprint density at radius 2 is 2.14 bits per heavy atom. The van der Waals surface area contributed by atoms with Crippen LogP contribution in [0.15, 0.2) is 18.2 Å². The van der Waals surface area contributed by atoms with Crippen LogP contribution in [0, 0.1) is 13.8 Å². The minimum Gasteiger partial charge on any atom is -0.374 e. The molecule has 1 saturated heterocycles. The number of hydrogen-bond donors (Lipinski definition) is 2. The van der Waals surface area contributed by atoms with Gasteiger partial charge in [-0.3, -0.25) is 16.2 Å². The molecule has 0 saturated carbocycles. The second-order valence-electron chi connectivity index (χ2n) is 6.41. The number of benzene rings is 1.